The third kappa shape index (κ3) is 3.80. The van der Waals surface area contributed by atoms with Crippen molar-refractivity contribution in [2.75, 3.05) is 13.1 Å². The summed E-state index contributed by atoms with van der Waals surface area (Å²) in [4.78, 5) is 26.8. The van der Waals surface area contributed by atoms with Gasteiger partial charge in [-0.3, -0.25) is 9.59 Å². The standard InChI is InChI=1S/C19H17Cl2NO2/c20-16-5-1-13(2-6-16)18(23)14-9-11-22(12-10-14)19(24)15-3-7-17(21)8-4-15/h1-8,14H,9-12H2. The maximum atomic E-state index is 12.5. The maximum Gasteiger partial charge on any atom is 0.253 e. The van der Waals surface area contributed by atoms with Crippen molar-refractivity contribution in [1.82, 2.24) is 4.90 Å². The minimum atomic E-state index is -0.0413. The van der Waals surface area contributed by atoms with Gasteiger partial charge in [-0.1, -0.05) is 23.2 Å². The minimum Gasteiger partial charge on any atom is -0.339 e. The minimum absolute atomic E-state index is 0.0101. The number of Topliss-reactive ketones (excluding diaryl/α,β-unsaturated/α-hetero) is 1. The van der Waals surface area contributed by atoms with Gasteiger partial charge in [0.1, 0.15) is 0 Å². The Morgan fingerprint density at radius 2 is 1.25 bits per heavy atom. The smallest absolute Gasteiger partial charge is 0.253 e. The Hall–Kier alpha value is -1.84. The molecular weight excluding hydrogens is 345 g/mol. The Kier molecular flexibility index (Phi) is 5.22. The molecule has 0 radical (unpaired) electrons. The number of halogens is 2. The highest BCUT2D eigenvalue weighted by atomic mass is 35.5. The first kappa shape index (κ1) is 17.0. The van der Waals surface area contributed by atoms with E-state index in [1.807, 2.05) is 0 Å². The Morgan fingerprint density at radius 1 is 0.792 bits per heavy atom. The van der Waals surface area contributed by atoms with Crippen LogP contribution in [-0.2, 0) is 0 Å². The zero-order chi connectivity index (χ0) is 17.1. The van der Waals surface area contributed by atoms with E-state index in [9.17, 15) is 9.59 Å². The average Bonchev–Trinajstić information content (AvgIpc) is 2.62. The summed E-state index contributed by atoms with van der Waals surface area (Å²) < 4.78 is 0. The normalized spacial score (nSPS) is 15.3. The van der Waals surface area contributed by atoms with Crippen molar-refractivity contribution < 1.29 is 9.59 Å². The van der Waals surface area contributed by atoms with Crippen LogP contribution in [0.3, 0.4) is 0 Å². The van der Waals surface area contributed by atoms with Gasteiger partial charge in [0, 0.05) is 40.2 Å². The number of piperidine rings is 1. The molecule has 3 nitrogen and oxygen atoms in total. The molecule has 0 spiro atoms. The van der Waals surface area contributed by atoms with Crippen LogP contribution < -0.4 is 0 Å². The molecule has 1 amide bonds. The van der Waals surface area contributed by atoms with Crippen LogP contribution in [0.15, 0.2) is 48.5 Å². The average molecular weight is 362 g/mol. The quantitative estimate of drug-likeness (QED) is 0.741. The third-order valence-corrected chi connectivity index (χ3v) is 4.88. The number of hydrogen-bond acceptors (Lipinski definition) is 2. The van der Waals surface area contributed by atoms with Gasteiger partial charge in [-0.2, -0.15) is 0 Å². The Bertz CT molecular complexity index is 667. The van der Waals surface area contributed by atoms with Crippen molar-refractivity contribution in [1.29, 1.82) is 0 Å². The summed E-state index contributed by atoms with van der Waals surface area (Å²) in [6.45, 7) is 1.18. The van der Waals surface area contributed by atoms with E-state index in [-0.39, 0.29) is 17.6 Å². The van der Waals surface area contributed by atoms with Gasteiger partial charge < -0.3 is 4.90 Å². The van der Waals surface area contributed by atoms with Crippen LogP contribution in [0.5, 0.6) is 0 Å². The van der Waals surface area contributed by atoms with Crippen molar-refractivity contribution in [3.63, 3.8) is 0 Å². The zero-order valence-electron chi connectivity index (χ0n) is 13.0. The molecule has 5 heteroatoms. The summed E-state index contributed by atoms with van der Waals surface area (Å²) in [7, 11) is 0. The van der Waals surface area contributed by atoms with Gasteiger partial charge in [0.05, 0.1) is 0 Å². The number of carbonyl (C=O) groups is 2. The predicted molar refractivity (Wildman–Crippen MR) is 95.9 cm³/mol. The molecule has 2 aromatic rings. The lowest BCUT2D eigenvalue weighted by Crippen LogP contribution is -2.40. The molecule has 0 saturated carbocycles. The van der Waals surface area contributed by atoms with Crippen molar-refractivity contribution in [3.8, 4) is 0 Å². The highest BCUT2D eigenvalue weighted by Gasteiger charge is 2.28. The van der Waals surface area contributed by atoms with Gasteiger partial charge in [-0.15, -0.1) is 0 Å². The van der Waals surface area contributed by atoms with Gasteiger partial charge in [-0.25, -0.2) is 0 Å². The van der Waals surface area contributed by atoms with Gasteiger partial charge in [0.2, 0.25) is 0 Å². The van der Waals surface area contributed by atoms with E-state index in [0.717, 1.165) is 0 Å². The molecular formula is C19H17Cl2NO2. The number of rotatable bonds is 3. The molecule has 1 heterocycles. The molecule has 3 rings (SSSR count). The SMILES string of the molecule is O=C(c1ccc(Cl)cc1)C1CCN(C(=O)c2ccc(Cl)cc2)CC1. The molecule has 2 aromatic carbocycles. The molecule has 0 bridgehead atoms. The zero-order valence-corrected chi connectivity index (χ0v) is 14.6. The molecule has 1 fully saturated rings. The molecule has 0 atom stereocenters. The van der Waals surface area contributed by atoms with Crippen LogP contribution in [0.2, 0.25) is 10.0 Å². The largest absolute Gasteiger partial charge is 0.339 e. The fraction of sp³-hybridized carbons (Fsp3) is 0.263. The molecule has 0 aromatic heterocycles. The maximum absolute atomic E-state index is 12.5. The van der Waals surface area contributed by atoms with Gasteiger partial charge >= 0.3 is 0 Å². The van der Waals surface area contributed by atoms with E-state index < -0.39 is 0 Å². The van der Waals surface area contributed by atoms with Gasteiger partial charge in [-0.05, 0) is 61.4 Å². The van der Waals surface area contributed by atoms with Crippen molar-refractivity contribution in [3.05, 3.63) is 69.7 Å². The third-order valence-electron chi connectivity index (χ3n) is 4.37. The van der Waals surface area contributed by atoms with Crippen LogP contribution >= 0.6 is 23.2 Å². The first-order valence-corrected chi connectivity index (χ1v) is 8.65. The number of hydrogen-bond donors (Lipinski definition) is 0. The molecule has 24 heavy (non-hydrogen) atoms. The van der Waals surface area contributed by atoms with Crippen LogP contribution in [0.4, 0.5) is 0 Å². The van der Waals surface area contributed by atoms with E-state index in [2.05, 4.69) is 0 Å². The second kappa shape index (κ2) is 7.37. The van der Waals surface area contributed by atoms with E-state index in [0.29, 0.717) is 47.1 Å². The van der Waals surface area contributed by atoms with E-state index in [4.69, 9.17) is 23.2 Å². The highest BCUT2D eigenvalue weighted by Crippen LogP contribution is 2.24. The number of likely N-dealkylation sites (tertiary alicyclic amines) is 1. The van der Waals surface area contributed by atoms with Crippen molar-refractivity contribution in [2.24, 2.45) is 5.92 Å². The first-order valence-electron chi connectivity index (χ1n) is 7.89. The van der Waals surface area contributed by atoms with E-state index in [1.54, 1.807) is 53.4 Å². The number of benzene rings is 2. The Morgan fingerprint density at radius 3 is 1.75 bits per heavy atom. The molecule has 124 valence electrons. The Balaban J connectivity index is 1.61. The first-order chi connectivity index (χ1) is 11.5. The predicted octanol–water partition coefficient (Wildman–Crippen LogP) is 4.73. The number of amides is 1. The van der Waals surface area contributed by atoms with E-state index >= 15 is 0 Å². The summed E-state index contributed by atoms with van der Waals surface area (Å²) in [6.07, 6.45) is 1.36. The molecule has 1 aliphatic rings. The molecule has 0 unspecified atom stereocenters. The summed E-state index contributed by atoms with van der Waals surface area (Å²) in [6, 6.07) is 13.9. The molecule has 1 saturated heterocycles. The van der Waals surface area contributed by atoms with Crippen LogP contribution in [0.25, 0.3) is 0 Å². The van der Waals surface area contributed by atoms with Crippen LogP contribution in [0.1, 0.15) is 33.6 Å². The fourth-order valence-corrected chi connectivity index (χ4v) is 3.22. The number of carbonyl (C=O) groups excluding carboxylic acids is 2. The fourth-order valence-electron chi connectivity index (χ4n) is 2.97. The van der Waals surface area contributed by atoms with Crippen molar-refractivity contribution >= 4 is 34.9 Å². The topological polar surface area (TPSA) is 37.4 Å². The summed E-state index contributed by atoms with van der Waals surface area (Å²) in [5.41, 5.74) is 1.31. The number of ketones is 1. The molecule has 0 aliphatic carbocycles. The molecule has 1 aliphatic heterocycles. The van der Waals surface area contributed by atoms with E-state index in [1.165, 1.54) is 0 Å². The summed E-state index contributed by atoms with van der Waals surface area (Å²) in [5, 5.41) is 1.23. The van der Waals surface area contributed by atoms with Gasteiger partial charge in [0.15, 0.2) is 5.78 Å². The lowest BCUT2D eigenvalue weighted by atomic mass is 9.88. The lowest BCUT2D eigenvalue weighted by Gasteiger charge is -2.31. The Labute approximate surface area is 151 Å². The monoisotopic (exact) mass is 361 g/mol. The van der Waals surface area contributed by atoms with Crippen LogP contribution in [-0.4, -0.2) is 29.7 Å². The molecule has 0 N–H and O–H groups in total. The lowest BCUT2D eigenvalue weighted by molar-refractivity contribution is 0.0650. The summed E-state index contributed by atoms with van der Waals surface area (Å²) in [5.74, 6) is 0.0785. The van der Waals surface area contributed by atoms with Crippen molar-refractivity contribution in [2.45, 2.75) is 12.8 Å². The summed E-state index contributed by atoms with van der Waals surface area (Å²) >= 11 is 11.7. The number of nitrogens with zero attached hydrogens (tertiary/aromatic N) is 1. The van der Waals surface area contributed by atoms with Gasteiger partial charge in [0.25, 0.3) is 5.91 Å². The second-order valence-electron chi connectivity index (χ2n) is 5.94. The highest BCUT2D eigenvalue weighted by molar-refractivity contribution is 6.31. The second-order valence-corrected chi connectivity index (χ2v) is 6.82. The van der Waals surface area contributed by atoms with Crippen LogP contribution in [0, 0.1) is 5.92 Å².